The maximum atomic E-state index is 12.6. The summed E-state index contributed by atoms with van der Waals surface area (Å²) in [6.07, 6.45) is 0. The van der Waals surface area contributed by atoms with Crippen molar-refractivity contribution in [3.8, 4) is 5.75 Å². The van der Waals surface area contributed by atoms with Crippen LogP contribution >= 0.6 is 0 Å². The summed E-state index contributed by atoms with van der Waals surface area (Å²) in [4.78, 5) is 14.1. The molecule has 2 aromatic rings. The van der Waals surface area contributed by atoms with E-state index in [-0.39, 0.29) is 12.5 Å². The highest BCUT2D eigenvalue weighted by atomic mass is 16.5. The number of ether oxygens (including phenoxy) is 1. The summed E-state index contributed by atoms with van der Waals surface area (Å²) in [5.41, 5.74) is 0.208. The fraction of sp³-hybridized carbons (Fsp3) is 0.438. The van der Waals surface area contributed by atoms with Gasteiger partial charge in [-0.05, 0) is 39.0 Å². The molecular weight excluding hydrogens is 270 g/mol. The Kier molecular flexibility index (Phi) is 3.96. The van der Waals surface area contributed by atoms with Gasteiger partial charge in [-0.2, -0.15) is 0 Å². The Hall–Kier alpha value is -2.01. The topological polar surface area (TPSA) is 62.9 Å². The van der Waals surface area contributed by atoms with Gasteiger partial charge in [0.25, 0.3) is 5.91 Å². The molecule has 0 spiro atoms. The normalized spacial score (nSPS) is 11.7. The van der Waals surface area contributed by atoms with E-state index in [2.05, 4.69) is 0 Å². The number of amides is 1. The molecule has 1 amide bonds. The van der Waals surface area contributed by atoms with Crippen molar-refractivity contribution >= 4 is 16.9 Å². The lowest BCUT2D eigenvalue weighted by molar-refractivity contribution is 0.0367. The number of likely N-dealkylation sites (N-methyl/N-ethyl adjacent to an activating group) is 1. The number of hydrogen-bond donors (Lipinski definition) is 1. The van der Waals surface area contributed by atoms with Crippen LogP contribution in [-0.2, 0) is 0 Å². The third kappa shape index (κ3) is 3.19. The van der Waals surface area contributed by atoms with Gasteiger partial charge < -0.3 is 19.2 Å². The Labute approximate surface area is 124 Å². The minimum absolute atomic E-state index is 0.179. The molecule has 0 unspecified atom stereocenters. The summed E-state index contributed by atoms with van der Waals surface area (Å²) in [6, 6.07) is 5.37. The summed E-state index contributed by atoms with van der Waals surface area (Å²) in [6.45, 7) is 5.33. The second-order valence-electron chi connectivity index (χ2n) is 5.87. The number of fused-ring (bicyclic) bond motifs is 1. The van der Waals surface area contributed by atoms with E-state index in [0.717, 1.165) is 5.39 Å². The first-order valence-corrected chi connectivity index (χ1v) is 6.78. The van der Waals surface area contributed by atoms with Crippen molar-refractivity contribution in [2.75, 3.05) is 20.7 Å². The molecule has 2 rings (SSSR count). The Bertz CT molecular complexity index is 667. The molecule has 0 saturated heterocycles. The average Bonchev–Trinajstić information content (AvgIpc) is 2.70. The molecule has 1 aromatic carbocycles. The highest BCUT2D eigenvalue weighted by Crippen LogP contribution is 2.30. The minimum Gasteiger partial charge on any atom is -0.497 e. The van der Waals surface area contributed by atoms with Crippen molar-refractivity contribution in [3.05, 3.63) is 29.5 Å². The van der Waals surface area contributed by atoms with Crippen LogP contribution in [0.5, 0.6) is 5.75 Å². The monoisotopic (exact) mass is 291 g/mol. The molecule has 21 heavy (non-hydrogen) atoms. The van der Waals surface area contributed by atoms with Crippen molar-refractivity contribution in [2.45, 2.75) is 26.4 Å². The molecule has 0 atom stereocenters. The molecule has 0 saturated carbocycles. The Balaban J connectivity index is 2.45. The number of rotatable bonds is 4. The molecule has 0 radical (unpaired) electrons. The molecule has 0 aliphatic carbocycles. The maximum Gasteiger partial charge on any atom is 0.257 e. The zero-order valence-corrected chi connectivity index (χ0v) is 13.1. The standard InChI is InChI=1S/C16H21NO4/c1-10-14(15(18)17(4)9-16(2,3)19)12-8-11(20-5)6-7-13(12)21-10/h6-8,19H,9H2,1-5H3. The molecule has 1 heterocycles. The number of hydrogen-bond acceptors (Lipinski definition) is 4. The number of benzene rings is 1. The summed E-state index contributed by atoms with van der Waals surface area (Å²) in [5.74, 6) is 1.05. The number of aryl methyl sites for hydroxylation is 1. The molecule has 114 valence electrons. The first kappa shape index (κ1) is 15.4. The van der Waals surface area contributed by atoms with E-state index < -0.39 is 5.60 Å². The molecule has 0 aliphatic heterocycles. The van der Waals surface area contributed by atoms with Crippen LogP contribution in [0.4, 0.5) is 0 Å². The summed E-state index contributed by atoms with van der Waals surface area (Å²) in [7, 11) is 3.24. The van der Waals surface area contributed by atoms with Gasteiger partial charge in [-0.1, -0.05) is 0 Å². The predicted molar refractivity (Wildman–Crippen MR) is 80.8 cm³/mol. The van der Waals surface area contributed by atoms with Crippen molar-refractivity contribution in [1.82, 2.24) is 4.90 Å². The quantitative estimate of drug-likeness (QED) is 0.940. The van der Waals surface area contributed by atoms with Gasteiger partial charge in [-0.15, -0.1) is 0 Å². The number of carbonyl (C=O) groups excluding carboxylic acids is 1. The van der Waals surface area contributed by atoms with E-state index in [1.165, 1.54) is 4.90 Å². The zero-order chi connectivity index (χ0) is 15.8. The minimum atomic E-state index is -0.949. The van der Waals surface area contributed by atoms with E-state index in [9.17, 15) is 9.90 Å². The molecule has 1 aromatic heterocycles. The molecule has 0 aliphatic rings. The number of aliphatic hydroxyl groups is 1. The molecule has 5 nitrogen and oxygen atoms in total. The van der Waals surface area contributed by atoms with E-state index in [1.807, 2.05) is 0 Å². The van der Waals surface area contributed by atoms with Crippen LogP contribution in [0.15, 0.2) is 22.6 Å². The van der Waals surface area contributed by atoms with Gasteiger partial charge in [0.1, 0.15) is 17.1 Å². The van der Waals surface area contributed by atoms with Crippen molar-refractivity contribution in [3.63, 3.8) is 0 Å². The third-order valence-corrected chi connectivity index (χ3v) is 3.26. The van der Waals surface area contributed by atoms with E-state index in [4.69, 9.17) is 9.15 Å². The van der Waals surface area contributed by atoms with Gasteiger partial charge >= 0.3 is 0 Å². The number of nitrogens with zero attached hydrogens (tertiary/aromatic N) is 1. The van der Waals surface area contributed by atoms with Crippen LogP contribution in [0, 0.1) is 6.92 Å². The molecule has 5 heteroatoms. The van der Waals surface area contributed by atoms with Gasteiger partial charge in [-0.3, -0.25) is 4.79 Å². The third-order valence-electron chi connectivity index (χ3n) is 3.26. The Morgan fingerprint density at radius 2 is 2.10 bits per heavy atom. The second-order valence-corrected chi connectivity index (χ2v) is 5.87. The van der Waals surface area contributed by atoms with Crippen LogP contribution in [0.2, 0.25) is 0 Å². The van der Waals surface area contributed by atoms with Crippen LogP contribution in [0.25, 0.3) is 11.0 Å². The van der Waals surface area contributed by atoms with Gasteiger partial charge in [-0.25, -0.2) is 0 Å². The highest BCUT2D eigenvalue weighted by Gasteiger charge is 2.25. The van der Waals surface area contributed by atoms with Crippen LogP contribution in [0.1, 0.15) is 30.0 Å². The SMILES string of the molecule is COc1ccc2oc(C)c(C(=O)N(C)CC(C)(C)O)c2c1. The average molecular weight is 291 g/mol. The smallest absolute Gasteiger partial charge is 0.257 e. The summed E-state index contributed by atoms with van der Waals surface area (Å²) in [5, 5.41) is 10.6. The van der Waals surface area contributed by atoms with Gasteiger partial charge in [0.05, 0.1) is 18.3 Å². The number of carbonyl (C=O) groups is 1. The Morgan fingerprint density at radius 3 is 2.67 bits per heavy atom. The van der Waals surface area contributed by atoms with E-state index in [0.29, 0.717) is 22.7 Å². The molecule has 0 bridgehead atoms. The lowest BCUT2D eigenvalue weighted by Gasteiger charge is -2.25. The van der Waals surface area contributed by atoms with Crippen molar-refractivity contribution in [1.29, 1.82) is 0 Å². The molecule has 0 fully saturated rings. The molecular formula is C16H21NO4. The van der Waals surface area contributed by atoms with Crippen molar-refractivity contribution < 1.29 is 19.1 Å². The van der Waals surface area contributed by atoms with Crippen molar-refractivity contribution in [2.24, 2.45) is 0 Å². The van der Waals surface area contributed by atoms with Gasteiger partial charge in [0.15, 0.2) is 0 Å². The van der Waals surface area contributed by atoms with Crippen LogP contribution in [-0.4, -0.2) is 42.2 Å². The van der Waals surface area contributed by atoms with E-state index in [1.54, 1.807) is 53.1 Å². The first-order valence-electron chi connectivity index (χ1n) is 6.78. The van der Waals surface area contributed by atoms with E-state index >= 15 is 0 Å². The number of furan rings is 1. The maximum absolute atomic E-state index is 12.6. The first-order chi connectivity index (χ1) is 9.73. The fourth-order valence-corrected chi connectivity index (χ4v) is 2.43. The second kappa shape index (κ2) is 5.41. The van der Waals surface area contributed by atoms with Gasteiger partial charge in [0, 0.05) is 19.0 Å². The lowest BCUT2D eigenvalue weighted by atomic mass is 10.1. The summed E-state index contributed by atoms with van der Waals surface area (Å²) < 4.78 is 10.8. The lowest BCUT2D eigenvalue weighted by Crippen LogP contribution is -2.39. The largest absolute Gasteiger partial charge is 0.497 e. The van der Waals surface area contributed by atoms with Crippen LogP contribution in [0.3, 0.4) is 0 Å². The predicted octanol–water partition coefficient (Wildman–Crippen LogP) is 2.59. The fourth-order valence-electron chi connectivity index (χ4n) is 2.43. The van der Waals surface area contributed by atoms with Crippen LogP contribution < -0.4 is 4.74 Å². The molecule has 1 N–H and O–H groups in total. The number of methoxy groups -OCH3 is 1. The summed E-state index contributed by atoms with van der Waals surface area (Å²) >= 11 is 0. The highest BCUT2D eigenvalue weighted by molar-refractivity contribution is 6.07. The Morgan fingerprint density at radius 1 is 1.43 bits per heavy atom. The van der Waals surface area contributed by atoms with Gasteiger partial charge in [0.2, 0.25) is 0 Å². The zero-order valence-electron chi connectivity index (χ0n) is 13.1.